The van der Waals surface area contributed by atoms with Crippen LogP contribution >= 0.6 is 0 Å². The van der Waals surface area contributed by atoms with Crippen LogP contribution in [0.5, 0.6) is 0 Å². The molecule has 0 unspecified atom stereocenters. The van der Waals surface area contributed by atoms with E-state index < -0.39 is 0 Å². The highest BCUT2D eigenvalue weighted by Gasteiger charge is 2.12. The summed E-state index contributed by atoms with van der Waals surface area (Å²) in [5, 5.41) is 15.0. The smallest absolute Gasteiger partial charge is 0.152 e. The van der Waals surface area contributed by atoms with Gasteiger partial charge in [-0.15, -0.1) is 0 Å². The van der Waals surface area contributed by atoms with Crippen molar-refractivity contribution in [1.29, 1.82) is 0 Å². The zero-order valence-corrected chi connectivity index (χ0v) is 13.1. The number of aromatic nitrogens is 4. The van der Waals surface area contributed by atoms with Gasteiger partial charge in [0.05, 0.1) is 18.9 Å². The molecule has 0 aliphatic rings. The fourth-order valence-corrected chi connectivity index (χ4v) is 2.42. The van der Waals surface area contributed by atoms with Crippen LogP contribution in [0.2, 0.25) is 0 Å². The molecule has 3 aromatic heterocycles. The summed E-state index contributed by atoms with van der Waals surface area (Å²) in [4.78, 5) is 0. The van der Waals surface area contributed by atoms with Crippen molar-refractivity contribution in [3.05, 3.63) is 47.6 Å². The molecule has 0 spiro atoms. The van der Waals surface area contributed by atoms with E-state index in [4.69, 9.17) is 4.42 Å². The van der Waals surface area contributed by atoms with Crippen molar-refractivity contribution in [3.8, 4) is 11.5 Å². The summed E-state index contributed by atoms with van der Waals surface area (Å²) in [5.74, 6) is 1.72. The quantitative estimate of drug-likeness (QED) is 0.734. The highest BCUT2D eigenvalue weighted by atomic mass is 16.3. The van der Waals surface area contributed by atoms with Crippen LogP contribution in [0.3, 0.4) is 0 Å². The first kappa shape index (κ1) is 14.6. The van der Waals surface area contributed by atoms with Gasteiger partial charge >= 0.3 is 0 Å². The molecule has 6 nitrogen and oxygen atoms in total. The molecule has 0 aromatic carbocycles. The van der Waals surface area contributed by atoms with Gasteiger partial charge in [-0.05, 0) is 38.5 Å². The summed E-state index contributed by atoms with van der Waals surface area (Å²) in [5.41, 5.74) is 3.21. The van der Waals surface area contributed by atoms with Crippen molar-refractivity contribution in [2.45, 2.75) is 39.9 Å². The fraction of sp³-hybridized carbons (Fsp3) is 0.375. The van der Waals surface area contributed by atoms with E-state index in [0.29, 0.717) is 6.04 Å². The Balaban J connectivity index is 1.61. The van der Waals surface area contributed by atoms with Crippen LogP contribution in [0.25, 0.3) is 11.5 Å². The first-order valence-corrected chi connectivity index (χ1v) is 7.43. The molecular weight excluding hydrogens is 278 g/mol. The standard InChI is InChI=1S/C16H21N5O/c1-11-6-19-21(9-11)10-12(2)17-7-14-8-18-20-16(14)15-5-4-13(3)22-15/h4-6,8-9,12,17H,7,10H2,1-3H3,(H,18,20)/t12-/m0/s1. The molecule has 3 heterocycles. The Morgan fingerprint density at radius 2 is 2.18 bits per heavy atom. The number of aryl methyl sites for hydroxylation is 2. The minimum Gasteiger partial charge on any atom is -0.460 e. The largest absolute Gasteiger partial charge is 0.460 e. The molecule has 0 saturated carbocycles. The van der Waals surface area contributed by atoms with E-state index in [2.05, 4.69) is 27.5 Å². The van der Waals surface area contributed by atoms with Crippen LogP contribution in [0.15, 0.2) is 35.1 Å². The Labute approximate surface area is 129 Å². The monoisotopic (exact) mass is 299 g/mol. The lowest BCUT2D eigenvalue weighted by molar-refractivity contribution is 0.450. The van der Waals surface area contributed by atoms with Gasteiger partial charge in [-0.2, -0.15) is 10.2 Å². The van der Waals surface area contributed by atoms with Crippen molar-refractivity contribution < 1.29 is 4.42 Å². The van der Waals surface area contributed by atoms with Gasteiger partial charge in [0.2, 0.25) is 0 Å². The number of H-pyrrole nitrogens is 1. The van der Waals surface area contributed by atoms with Crippen molar-refractivity contribution in [2.24, 2.45) is 0 Å². The number of nitrogens with one attached hydrogen (secondary N) is 2. The molecule has 0 aliphatic heterocycles. The molecule has 0 radical (unpaired) electrons. The van der Waals surface area contributed by atoms with Crippen molar-refractivity contribution >= 4 is 0 Å². The first-order chi connectivity index (χ1) is 10.6. The van der Waals surface area contributed by atoms with Crippen LogP contribution in [0.4, 0.5) is 0 Å². The lowest BCUT2D eigenvalue weighted by Crippen LogP contribution is -2.30. The molecule has 2 N–H and O–H groups in total. The first-order valence-electron chi connectivity index (χ1n) is 7.43. The van der Waals surface area contributed by atoms with Crippen LogP contribution in [-0.2, 0) is 13.1 Å². The van der Waals surface area contributed by atoms with E-state index >= 15 is 0 Å². The van der Waals surface area contributed by atoms with Crippen LogP contribution in [0, 0.1) is 13.8 Å². The van der Waals surface area contributed by atoms with E-state index in [1.807, 2.05) is 49.3 Å². The molecule has 0 aliphatic carbocycles. The second-order valence-electron chi connectivity index (χ2n) is 5.70. The summed E-state index contributed by atoms with van der Waals surface area (Å²) in [6.07, 6.45) is 5.76. The van der Waals surface area contributed by atoms with Gasteiger partial charge in [0, 0.05) is 24.3 Å². The van der Waals surface area contributed by atoms with Gasteiger partial charge in [-0.25, -0.2) is 0 Å². The molecule has 0 amide bonds. The molecule has 0 bridgehead atoms. The highest BCUT2D eigenvalue weighted by molar-refractivity contribution is 5.56. The number of hydrogen-bond acceptors (Lipinski definition) is 4. The molecule has 1 atom stereocenters. The van der Waals surface area contributed by atoms with Gasteiger partial charge in [-0.3, -0.25) is 9.78 Å². The summed E-state index contributed by atoms with van der Waals surface area (Å²) in [6, 6.07) is 4.22. The normalized spacial score (nSPS) is 12.7. The summed E-state index contributed by atoms with van der Waals surface area (Å²) in [7, 11) is 0. The Bertz CT molecular complexity index is 739. The van der Waals surface area contributed by atoms with Gasteiger partial charge in [0.1, 0.15) is 11.5 Å². The molecule has 22 heavy (non-hydrogen) atoms. The van der Waals surface area contributed by atoms with Gasteiger partial charge in [0.15, 0.2) is 5.76 Å². The van der Waals surface area contributed by atoms with Crippen molar-refractivity contribution in [3.63, 3.8) is 0 Å². The summed E-state index contributed by atoms with van der Waals surface area (Å²) < 4.78 is 7.62. The zero-order valence-electron chi connectivity index (χ0n) is 13.1. The average molecular weight is 299 g/mol. The van der Waals surface area contributed by atoms with E-state index in [-0.39, 0.29) is 0 Å². The third-order valence-electron chi connectivity index (χ3n) is 3.57. The van der Waals surface area contributed by atoms with Gasteiger partial charge in [0.25, 0.3) is 0 Å². The summed E-state index contributed by atoms with van der Waals surface area (Å²) in [6.45, 7) is 7.69. The predicted octanol–water partition coefficient (Wildman–Crippen LogP) is 2.66. The Morgan fingerprint density at radius 3 is 2.86 bits per heavy atom. The van der Waals surface area contributed by atoms with Crippen LogP contribution < -0.4 is 5.32 Å². The van der Waals surface area contributed by atoms with E-state index in [1.165, 1.54) is 5.56 Å². The minimum atomic E-state index is 0.306. The van der Waals surface area contributed by atoms with E-state index in [0.717, 1.165) is 35.9 Å². The SMILES string of the molecule is Cc1cnn(C[C@H](C)NCc2cn[nH]c2-c2ccc(C)o2)c1. The van der Waals surface area contributed by atoms with E-state index in [1.54, 1.807) is 0 Å². The number of aromatic amines is 1. The molecule has 3 aromatic rings. The van der Waals surface area contributed by atoms with Crippen LogP contribution in [-0.4, -0.2) is 26.0 Å². The second-order valence-corrected chi connectivity index (χ2v) is 5.70. The predicted molar refractivity (Wildman–Crippen MR) is 84.3 cm³/mol. The molecule has 6 heteroatoms. The molecule has 3 rings (SSSR count). The molecule has 0 fully saturated rings. The number of rotatable bonds is 6. The minimum absolute atomic E-state index is 0.306. The Hall–Kier alpha value is -2.34. The maximum atomic E-state index is 5.66. The maximum Gasteiger partial charge on any atom is 0.152 e. The number of furan rings is 1. The number of nitrogens with zero attached hydrogens (tertiary/aromatic N) is 3. The average Bonchev–Trinajstić information content (AvgIpc) is 3.18. The topological polar surface area (TPSA) is 71.7 Å². The maximum absolute atomic E-state index is 5.66. The molecular formula is C16H21N5O. The number of hydrogen-bond donors (Lipinski definition) is 2. The Morgan fingerprint density at radius 1 is 1.32 bits per heavy atom. The Kier molecular flexibility index (Phi) is 4.11. The third kappa shape index (κ3) is 3.28. The second kappa shape index (κ2) is 6.19. The third-order valence-corrected chi connectivity index (χ3v) is 3.57. The molecule has 0 saturated heterocycles. The lowest BCUT2D eigenvalue weighted by Gasteiger charge is -2.13. The highest BCUT2D eigenvalue weighted by Crippen LogP contribution is 2.23. The van der Waals surface area contributed by atoms with E-state index in [9.17, 15) is 0 Å². The van der Waals surface area contributed by atoms with Crippen molar-refractivity contribution in [1.82, 2.24) is 25.3 Å². The van der Waals surface area contributed by atoms with Gasteiger partial charge in [-0.1, -0.05) is 0 Å². The fourth-order valence-electron chi connectivity index (χ4n) is 2.42. The summed E-state index contributed by atoms with van der Waals surface area (Å²) >= 11 is 0. The zero-order chi connectivity index (χ0) is 15.5. The lowest BCUT2D eigenvalue weighted by atomic mass is 10.2. The van der Waals surface area contributed by atoms with Crippen molar-refractivity contribution in [2.75, 3.05) is 0 Å². The molecule has 116 valence electrons. The van der Waals surface area contributed by atoms with Gasteiger partial charge < -0.3 is 9.73 Å². The van der Waals surface area contributed by atoms with Crippen LogP contribution in [0.1, 0.15) is 23.8 Å².